The van der Waals surface area contributed by atoms with Gasteiger partial charge in [-0.2, -0.15) is 0 Å². The van der Waals surface area contributed by atoms with Gasteiger partial charge < -0.3 is 10.6 Å². The predicted molar refractivity (Wildman–Crippen MR) is 76.9 cm³/mol. The Hall–Kier alpha value is -1.08. The number of nitrogens with zero attached hydrogens (tertiary/aromatic N) is 3. The molecule has 5 nitrogen and oxygen atoms in total. The molecule has 0 spiro atoms. The number of aromatic nitrogens is 2. The molecule has 0 radical (unpaired) electrons. The number of thiocarbonyl (C=S) groups is 1. The van der Waals surface area contributed by atoms with Gasteiger partial charge in [0.1, 0.15) is 4.88 Å². The molecule has 1 aromatic heterocycles. The fourth-order valence-corrected chi connectivity index (χ4v) is 2.37. The molecule has 18 heavy (non-hydrogen) atoms. The molecule has 0 saturated carbocycles. The Bertz CT molecular complexity index is 464. The predicted octanol–water partition coefficient (Wildman–Crippen LogP) is 1.58. The van der Waals surface area contributed by atoms with Crippen molar-refractivity contribution in [2.24, 2.45) is 5.73 Å². The highest BCUT2D eigenvalue weighted by atomic mass is 32.1. The van der Waals surface area contributed by atoms with Crippen molar-refractivity contribution < 1.29 is 4.79 Å². The quantitative estimate of drug-likeness (QED) is 0.854. The molecule has 1 amide bonds. The minimum atomic E-state index is -0.289. The van der Waals surface area contributed by atoms with E-state index in [1.807, 2.05) is 20.8 Å². The zero-order valence-corrected chi connectivity index (χ0v) is 12.9. The number of amides is 1. The molecule has 7 heteroatoms. The normalized spacial score (nSPS) is 13.2. The first-order chi connectivity index (χ1) is 8.16. The van der Waals surface area contributed by atoms with Crippen LogP contribution in [0, 0.1) is 0 Å². The Morgan fingerprint density at radius 2 is 2.06 bits per heavy atom. The lowest BCUT2D eigenvalue weighted by atomic mass is 9.91. The summed E-state index contributed by atoms with van der Waals surface area (Å²) >= 11 is 6.01. The lowest BCUT2D eigenvalue weighted by Crippen LogP contribution is -2.43. The summed E-state index contributed by atoms with van der Waals surface area (Å²) in [4.78, 5) is 14.7. The number of hydrogen-bond donors (Lipinski definition) is 1. The van der Waals surface area contributed by atoms with Crippen LogP contribution in [-0.4, -0.2) is 38.5 Å². The van der Waals surface area contributed by atoms with Gasteiger partial charge in [-0.25, -0.2) is 0 Å². The van der Waals surface area contributed by atoms with Crippen molar-refractivity contribution in [2.45, 2.75) is 39.2 Å². The molecule has 0 bridgehead atoms. The van der Waals surface area contributed by atoms with E-state index in [0.717, 1.165) is 11.5 Å². The van der Waals surface area contributed by atoms with E-state index in [0.29, 0.717) is 15.6 Å². The fraction of sp³-hybridized carbons (Fsp3) is 0.636. The molecule has 1 rings (SSSR count). The first-order valence-electron chi connectivity index (χ1n) is 5.55. The van der Waals surface area contributed by atoms with Crippen LogP contribution in [0.3, 0.4) is 0 Å². The molecule has 0 aliphatic rings. The van der Waals surface area contributed by atoms with Gasteiger partial charge in [-0.3, -0.25) is 4.79 Å². The average Bonchev–Trinajstić information content (AvgIpc) is 2.74. The van der Waals surface area contributed by atoms with Crippen LogP contribution in [0.1, 0.15) is 43.1 Å². The molecule has 1 heterocycles. The molecule has 0 aliphatic carbocycles. The first kappa shape index (κ1) is 15.0. The summed E-state index contributed by atoms with van der Waals surface area (Å²) in [5.74, 6) is -0.143. The maximum absolute atomic E-state index is 12.4. The molecular weight excluding hydrogens is 268 g/mol. The minimum Gasteiger partial charge on any atom is -0.392 e. The van der Waals surface area contributed by atoms with E-state index in [1.54, 1.807) is 14.0 Å². The van der Waals surface area contributed by atoms with E-state index in [1.165, 1.54) is 4.90 Å². The number of carbonyl (C=O) groups excluding carboxylic acids is 1. The van der Waals surface area contributed by atoms with Crippen LogP contribution in [0.25, 0.3) is 0 Å². The molecule has 100 valence electrons. The van der Waals surface area contributed by atoms with Crippen LogP contribution in [0.5, 0.6) is 0 Å². The fourth-order valence-electron chi connectivity index (χ4n) is 1.35. The van der Waals surface area contributed by atoms with Crippen molar-refractivity contribution in [2.75, 3.05) is 7.05 Å². The van der Waals surface area contributed by atoms with Crippen LogP contribution in [0.2, 0.25) is 0 Å². The molecule has 1 unspecified atom stereocenters. The highest BCUT2D eigenvalue weighted by molar-refractivity contribution is 7.80. The van der Waals surface area contributed by atoms with Gasteiger partial charge in [0.25, 0.3) is 5.91 Å². The molecule has 2 N–H and O–H groups in total. The molecular formula is C11H18N4OS2. The second-order valence-corrected chi connectivity index (χ2v) is 6.42. The molecule has 0 fully saturated rings. The summed E-state index contributed by atoms with van der Waals surface area (Å²) in [5, 5.41) is 4.05. The highest BCUT2D eigenvalue weighted by Gasteiger charge is 2.29. The Balaban J connectivity index is 3.06. The van der Waals surface area contributed by atoms with E-state index in [-0.39, 0.29) is 17.4 Å². The van der Waals surface area contributed by atoms with E-state index in [2.05, 4.69) is 9.59 Å². The number of hydrogen-bond acceptors (Lipinski definition) is 5. The van der Waals surface area contributed by atoms with Crippen molar-refractivity contribution in [1.82, 2.24) is 14.5 Å². The largest absolute Gasteiger partial charge is 0.392 e. The SMILES string of the molecule is CC(C(N)=S)N(C)C(=O)c1snnc1C(C)(C)C. The van der Waals surface area contributed by atoms with Crippen LogP contribution >= 0.6 is 23.8 Å². The number of nitrogens with two attached hydrogens (primary N) is 1. The van der Waals surface area contributed by atoms with Crippen molar-refractivity contribution in [3.63, 3.8) is 0 Å². The van der Waals surface area contributed by atoms with Gasteiger partial charge >= 0.3 is 0 Å². The van der Waals surface area contributed by atoms with E-state index in [4.69, 9.17) is 18.0 Å². The second-order valence-electron chi connectivity index (χ2n) is 5.20. The van der Waals surface area contributed by atoms with Crippen LogP contribution < -0.4 is 5.73 Å². The third-order valence-corrected chi connectivity index (χ3v) is 3.76. The smallest absolute Gasteiger partial charge is 0.267 e. The maximum Gasteiger partial charge on any atom is 0.267 e. The molecule has 0 aromatic carbocycles. The molecule has 1 aromatic rings. The summed E-state index contributed by atoms with van der Waals surface area (Å²) in [7, 11) is 1.68. The van der Waals surface area contributed by atoms with E-state index < -0.39 is 0 Å². The standard InChI is InChI=1S/C11H18N4OS2/c1-6(9(12)17)15(5)10(16)7-8(11(2,3)4)13-14-18-7/h6H,1-5H3,(H2,12,17). The van der Waals surface area contributed by atoms with Gasteiger partial charge in [0.15, 0.2) is 0 Å². The van der Waals surface area contributed by atoms with Gasteiger partial charge in [0.2, 0.25) is 0 Å². The molecule has 0 aliphatic heterocycles. The third kappa shape index (κ3) is 3.02. The van der Waals surface area contributed by atoms with E-state index >= 15 is 0 Å². The van der Waals surface area contributed by atoms with Gasteiger partial charge in [-0.15, -0.1) is 5.10 Å². The van der Waals surface area contributed by atoms with Gasteiger partial charge in [0.05, 0.1) is 16.7 Å². The summed E-state index contributed by atoms with van der Waals surface area (Å²) < 4.78 is 3.88. The summed E-state index contributed by atoms with van der Waals surface area (Å²) in [5.41, 5.74) is 6.05. The topological polar surface area (TPSA) is 72.1 Å². The van der Waals surface area contributed by atoms with Gasteiger partial charge in [-0.05, 0) is 18.5 Å². The monoisotopic (exact) mass is 286 g/mol. The summed E-state index contributed by atoms with van der Waals surface area (Å²) in [6.45, 7) is 7.79. The zero-order valence-electron chi connectivity index (χ0n) is 11.2. The summed E-state index contributed by atoms with van der Waals surface area (Å²) in [6.07, 6.45) is 0. The van der Waals surface area contributed by atoms with Gasteiger partial charge in [0, 0.05) is 12.5 Å². The van der Waals surface area contributed by atoms with Crippen LogP contribution in [0.4, 0.5) is 0 Å². The van der Waals surface area contributed by atoms with Crippen LogP contribution in [0.15, 0.2) is 0 Å². The Morgan fingerprint density at radius 3 is 2.50 bits per heavy atom. The number of rotatable bonds is 3. The van der Waals surface area contributed by atoms with Crippen molar-refractivity contribution in [3.8, 4) is 0 Å². The molecule has 0 saturated heterocycles. The number of carbonyl (C=O) groups is 1. The average molecular weight is 286 g/mol. The second kappa shape index (κ2) is 5.27. The molecule has 1 atom stereocenters. The Kier molecular flexibility index (Phi) is 4.39. The Morgan fingerprint density at radius 1 is 1.50 bits per heavy atom. The number of likely N-dealkylation sites (N-methyl/N-ethyl adjacent to an activating group) is 1. The maximum atomic E-state index is 12.4. The Labute approximate surface area is 117 Å². The summed E-state index contributed by atoms with van der Waals surface area (Å²) in [6, 6.07) is -0.289. The van der Waals surface area contributed by atoms with Crippen molar-refractivity contribution in [3.05, 3.63) is 10.6 Å². The third-order valence-electron chi connectivity index (χ3n) is 2.71. The minimum absolute atomic E-state index is 0.143. The van der Waals surface area contributed by atoms with Crippen molar-refractivity contribution >= 4 is 34.6 Å². The lowest BCUT2D eigenvalue weighted by molar-refractivity contribution is 0.0781. The van der Waals surface area contributed by atoms with Crippen LogP contribution in [-0.2, 0) is 5.41 Å². The highest BCUT2D eigenvalue weighted by Crippen LogP contribution is 2.26. The zero-order chi connectivity index (χ0) is 14.1. The first-order valence-corrected chi connectivity index (χ1v) is 6.73. The van der Waals surface area contributed by atoms with Gasteiger partial charge in [-0.1, -0.05) is 37.5 Å². The van der Waals surface area contributed by atoms with E-state index in [9.17, 15) is 4.79 Å². The van der Waals surface area contributed by atoms with Crippen molar-refractivity contribution in [1.29, 1.82) is 0 Å². The lowest BCUT2D eigenvalue weighted by Gasteiger charge is -2.24.